The van der Waals surface area contributed by atoms with E-state index >= 15 is 0 Å². The van der Waals surface area contributed by atoms with Crippen LogP contribution in [0, 0.1) is 6.92 Å². The van der Waals surface area contributed by atoms with Crippen molar-refractivity contribution in [3.05, 3.63) is 18.2 Å². The fourth-order valence-electron chi connectivity index (χ4n) is 2.01. The maximum Gasteiger partial charge on any atom is 0.241 e. The van der Waals surface area contributed by atoms with E-state index in [1.165, 1.54) is 0 Å². The highest BCUT2D eigenvalue weighted by Crippen LogP contribution is 2.01. The molecule has 0 radical (unpaired) electrons. The maximum atomic E-state index is 12.1. The first kappa shape index (κ1) is 12.1. The molecule has 1 fully saturated rings. The van der Waals surface area contributed by atoms with Crippen LogP contribution in [0.1, 0.15) is 5.82 Å². The number of nitrogens with two attached hydrogens (primary N) is 1. The first-order valence-electron chi connectivity index (χ1n) is 5.91. The van der Waals surface area contributed by atoms with Gasteiger partial charge in [0.05, 0.1) is 0 Å². The summed E-state index contributed by atoms with van der Waals surface area (Å²) in [5, 5.41) is 3.21. The number of imidazole rings is 1. The Balaban J connectivity index is 1.93. The summed E-state index contributed by atoms with van der Waals surface area (Å²) < 4.78 is 1.91. The van der Waals surface area contributed by atoms with Crippen LogP contribution in [0.15, 0.2) is 12.4 Å². The lowest BCUT2D eigenvalue weighted by Crippen LogP contribution is -2.52. The monoisotopic (exact) mass is 237 g/mol. The van der Waals surface area contributed by atoms with Crippen LogP contribution >= 0.6 is 0 Å². The van der Waals surface area contributed by atoms with Crippen LogP contribution in [-0.2, 0) is 11.3 Å². The fourth-order valence-corrected chi connectivity index (χ4v) is 2.01. The van der Waals surface area contributed by atoms with Gasteiger partial charge in [-0.25, -0.2) is 4.98 Å². The van der Waals surface area contributed by atoms with E-state index in [1.807, 2.05) is 22.6 Å². The Morgan fingerprint density at radius 2 is 2.29 bits per heavy atom. The van der Waals surface area contributed by atoms with Crippen LogP contribution in [0.25, 0.3) is 0 Å². The van der Waals surface area contributed by atoms with Crippen molar-refractivity contribution in [3.8, 4) is 0 Å². The highest BCUT2D eigenvalue weighted by Gasteiger charge is 2.22. The zero-order valence-electron chi connectivity index (χ0n) is 10.1. The fraction of sp³-hybridized carbons (Fsp3) is 0.636. The number of piperazine rings is 1. The van der Waals surface area contributed by atoms with Crippen molar-refractivity contribution >= 4 is 5.91 Å². The standard InChI is InChI=1S/C11H19N5O/c1-9-14-4-7-16(9)8-10(12)11(17)15-5-2-13-3-6-15/h4,7,10,13H,2-3,5-6,8,12H2,1H3. The van der Waals surface area contributed by atoms with E-state index in [0.717, 1.165) is 32.0 Å². The van der Waals surface area contributed by atoms with Crippen LogP contribution in [-0.4, -0.2) is 52.6 Å². The smallest absolute Gasteiger partial charge is 0.241 e. The highest BCUT2D eigenvalue weighted by atomic mass is 16.2. The number of aryl methyl sites for hydroxylation is 1. The second-order valence-electron chi connectivity index (χ2n) is 4.31. The van der Waals surface area contributed by atoms with Gasteiger partial charge in [-0.3, -0.25) is 4.79 Å². The Morgan fingerprint density at radius 3 is 2.88 bits per heavy atom. The molecule has 1 aromatic heterocycles. The topological polar surface area (TPSA) is 76.2 Å². The number of rotatable bonds is 3. The van der Waals surface area contributed by atoms with Gasteiger partial charge >= 0.3 is 0 Å². The molecule has 1 saturated heterocycles. The molecule has 3 N–H and O–H groups in total. The van der Waals surface area contributed by atoms with Crippen molar-refractivity contribution in [2.75, 3.05) is 26.2 Å². The Labute approximate surface area is 101 Å². The Bertz CT molecular complexity index is 383. The van der Waals surface area contributed by atoms with Gasteiger partial charge < -0.3 is 20.5 Å². The van der Waals surface area contributed by atoms with E-state index < -0.39 is 6.04 Å². The van der Waals surface area contributed by atoms with Crippen molar-refractivity contribution in [2.24, 2.45) is 5.73 Å². The molecular formula is C11H19N5O. The third kappa shape index (κ3) is 2.83. The van der Waals surface area contributed by atoms with Crippen molar-refractivity contribution < 1.29 is 4.79 Å². The summed E-state index contributed by atoms with van der Waals surface area (Å²) in [6, 6.07) is -0.485. The van der Waals surface area contributed by atoms with Gasteiger partial charge in [-0.1, -0.05) is 0 Å². The summed E-state index contributed by atoms with van der Waals surface area (Å²) in [5.74, 6) is 0.910. The molecule has 94 valence electrons. The first-order chi connectivity index (χ1) is 8.18. The normalized spacial score (nSPS) is 18.1. The van der Waals surface area contributed by atoms with E-state index in [1.54, 1.807) is 6.20 Å². The first-order valence-corrected chi connectivity index (χ1v) is 5.91. The van der Waals surface area contributed by atoms with Crippen LogP contribution in [0.3, 0.4) is 0 Å². The molecule has 1 aromatic rings. The number of hydrogen-bond acceptors (Lipinski definition) is 4. The van der Waals surface area contributed by atoms with E-state index in [9.17, 15) is 4.79 Å². The number of aromatic nitrogens is 2. The summed E-state index contributed by atoms with van der Waals surface area (Å²) in [6.45, 7) is 5.59. The van der Waals surface area contributed by atoms with Crippen molar-refractivity contribution in [1.82, 2.24) is 19.8 Å². The lowest BCUT2D eigenvalue weighted by molar-refractivity contribution is -0.133. The van der Waals surface area contributed by atoms with E-state index in [0.29, 0.717) is 6.54 Å². The summed E-state index contributed by atoms with van der Waals surface area (Å²) in [6.07, 6.45) is 3.57. The number of amides is 1. The summed E-state index contributed by atoms with van der Waals surface area (Å²) in [4.78, 5) is 18.0. The molecule has 1 atom stereocenters. The Hall–Kier alpha value is -1.40. The van der Waals surface area contributed by atoms with Gasteiger partial charge in [0, 0.05) is 45.1 Å². The second kappa shape index (κ2) is 5.29. The molecule has 0 spiro atoms. The SMILES string of the molecule is Cc1nccn1CC(N)C(=O)N1CCNCC1. The predicted octanol–water partition coefficient (Wildman–Crippen LogP) is -1.05. The summed E-state index contributed by atoms with van der Waals surface area (Å²) >= 11 is 0. The quantitative estimate of drug-likeness (QED) is 0.703. The third-order valence-electron chi connectivity index (χ3n) is 3.06. The molecular weight excluding hydrogens is 218 g/mol. The van der Waals surface area contributed by atoms with Gasteiger partial charge in [-0.15, -0.1) is 0 Å². The largest absolute Gasteiger partial charge is 0.339 e. The second-order valence-corrected chi connectivity index (χ2v) is 4.31. The Kier molecular flexibility index (Phi) is 3.75. The Morgan fingerprint density at radius 1 is 1.59 bits per heavy atom. The molecule has 2 heterocycles. The van der Waals surface area contributed by atoms with Crippen LogP contribution in [0.5, 0.6) is 0 Å². The highest BCUT2D eigenvalue weighted by molar-refractivity contribution is 5.81. The number of nitrogens with zero attached hydrogens (tertiary/aromatic N) is 3. The maximum absolute atomic E-state index is 12.1. The molecule has 0 aliphatic carbocycles. The molecule has 1 unspecified atom stereocenters. The third-order valence-corrected chi connectivity index (χ3v) is 3.06. The van der Waals surface area contributed by atoms with Gasteiger partial charge in [-0.2, -0.15) is 0 Å². The van der Waals surface area contributed by atoms with Gasteiger partial charge in [-0.05, 0) is 6.92 Å². The molecule has 0 saturated carbocycles. The number of carbonyl (C=O) groups excluding carboxylic acids is 1. The number of nitrogens with one attached hydrogen (secondary N) is 1. The van der Waals surface area contributed by atoms with E-state index in [4.69, 9.17) is 5.73 Å². The lowest BCUT2D eigenvalue weighted by Gasteiger charge is -2.29. The minimum Gasteiger partial charge on any atom is -0.339 e. The van der Waals surface area contributed by atoms with Crippen LogP contribution < -0.4 is 11.1 Å². The van der Waals surface area contributed by atoms with Crippen molar-refractivity contribution in [1.29, 1.82) is 0 Å². The van der Waals surface area contributed by atoms with Crippen LogP contribution in [0.2, 0.25) is 0 Å². The minimum atomic E-state index is -0.485. The average molecular weight is 237 g/mol. The summed E-state index contributed by atoms with van der Waals surface area (Å²) in [5.41, 5.74) is 5.95. The van der Waals surface area contributed by atoms with Crippen molar-refractivity contribution in [2.45, 2.75) is 19.5 Å². The molecule has 17 heavy (non-hydrogen) atoms. The average Bonchev–Trinajstić information content (AvgIpc) is 2.75. The molecule has 6 heteroatoms. The van der Waals surface area contributed by atoms with Gasteiger partial charge in [0.25, 0.3) is 0 Å². The van der Waals surface area contributed by atoms with Gasteiger partial charge in [0.15, 0.2) is 0 Å². The molecule has 0 aromatic carbocycles. The molecule has 0 bridgehead atoms. The molecule has 1 aliphatic heterocycles. The minimum absolute atomic E-state index is 0.0274. The van der Waals surface area contributed by atoms with Gasteiger partial charge in [0.1, 0.15) is 11.9 Å². The zero-order valence-corrected chi connectivity index (χ0v) is 10.1. The van der Waals surface area contributed by atoms with Gasteiger partial charge in [0.2, 0.25) is 5.91 Å². The molecule has 1 amide bonds. The zero-order chi connectivity index (χ0) is 12.3. The predicted molar refractivity (Wildman–Crippen MR) is 64.4 cm³/mol. The number of hydrogen-bond donors (Lipinski definition) is 2. The summed E-state index contributed by atoms with van der Waals surface area (Å²) in [7, 11) is 0. The van der Waals surface area contributed by atoms with E-state index in [-0.39, 0.29) is 5.91 Å². The van der Waals surface area contributed by atoms with Crippen molar-refractivity contribution in [3.63, 3.8) is 0 Å². The molecule has 1 aliphatic rings. The lowest BCUT2D eigenvalue weighted by atomic mass is 10.2. The van der Waals surface area contributed by atoms with Crippen LogP contribution in [0.4, 0.5) is 0 Å². The molecule has 2 rings (SSSR count). The molecule has 6 nitrogen and oxygen atoms in total. The van der Waals surface area contributed by atoms with E-state index in [2.05, 4.69) is 10.3 Å². The number of carbonyl (C=O) groups is 1.